The van der Waals surface area contributed by atoms with Crippen molar-refractivity contribution in [2.75, 3.05) is 5.32 Å². The number of benzene rings is 2. The van der Waals surface area contributed by atoms with Crippen LogP contribution in [0.3, 0.4) is 0 Å². The monoisotopic (exact) mass is 343 g/mol. The predicted octanol–water partition coefficient (Wildman–Crippen LogP) is 5.05. The molecule has 6 heteroatoms. The fourth-order valence-corrected chi connectivity index (χ4v) is 2.17. The summed E-state index contributed by atoms with van der Waals surface area (Å²) in [4.78, 5) is 12.0. The molecule has 0 fully saturated rings. The number of hydrogen-bond acceptors (Lipinski definition) is 2. The number of carbonyl (C=O) groups excluding carboxylic acids is 1. The molecule has 0 bridgehead atoms. The van der Waals surface area contributed by atoms with Crippen LogP contribution < -0.4 is 10.1 Å². The van der Waals surface area contributed by atoms with E-state index < -0.39 is 6.10 Å². The van der Waals surface area contributed by atoms with E-state index in [0.29, 0.717) is 26.5 Å². The number of nitrogens with one attached hydrogen (secondary N) is 1. The molecule has 0 aliphatic heterocycles. The van der Waals surface area contributed by atoms with Gasteiger partial charge in [-0.1, -0.05) is 34.8 Å². The van der Waals surface area contributed by atoms with Crippen LogP contribution in [-0.4, -0.2) is 12.0 Å². The van der Waals surface area contributed by atoms with Crippen LogP contribution in [-0.2, 0) is 4.79 Å². The van der Waals surface area contributed by atoms with Gasteiger partial charge in [-0.15, -0.1) is 0 Å². The van der Waals surface area contributed by atoms with E-state index in [-0.39, 0.29) is 5.91 Å². The Morgan fingerprint density at radius 3 is 2.29 bits per heavy atom. The second kappa shape index (κ2) is 7.03. The maximum atomic E-state index is 12.0. The van der Waals surface area contributed by atoms with Gasteiger partial charge in [-0.3, -0.25) is 4.79 Å². The zero-order valence-electron chi connectivity index (χ0n) is 11.1. The van der Waals surface area contributed by atoms with E-state index in [0.717, 1.165) is 0 Å². The first-order valence-electron chi connectivity index (χ1n) is 6.14. The normalized spacial score (nSPS) is 11.8. The number of ether oxygens (including phenoxy) is 1. The van der Waals surface area contributed by atoms with Crippen molar-refractivity contribution in [2.45, 2.75) is 13.0 Å². The third kappa shape index (κ3) is 4.53. The molecule has 0 saturated carbocycles. The first kappa shape index (κ1) is 16.0. The third-order valence-electron chi connectivity index (χ3n) is 2.68. The van der Waals surface area contributed by atoms with Gasteiger partial charge in [-0.05, 0) is 49.4 Å². The van der Waals surface area contributed by atoms with E-state index in [1.807, 2.05) is 0 Å². The second-order valence-electron chi connectivity index (χ2n) is 4.33. The summed E-state index contributed by atoms with van der Waals surface area (Å²) < 4.78 is 5.53. The van der Waals surface area contributed by atoms with E-state index in [1.54, 1.807) is 49.4 Å². The Labute approximate surface area is 137 Å². The lowest BCUT2D eigenvalue weighted by Gasteiger charge is -2.15. The fraction of sp³-hybridized carbons (Fsp3) is 0.133. The van der Waals surface area contributed by atoms with E-state index in [2.05, 4.69) is 5.32 Å². The van der Waals surface area contributed by atoms with Crippen molar-refractivity contribution in [2.24, 2.45) is 0 Å². The Hall–Kier alpha value is -1.42. The van der Waals surface area contributed by atoms with Crippen molar-refractivity contribution >= 4 is 46.4 Å². The zero-order chi connectivity index (χ0) is 15.4. The Bertz CT molecular complexity index is 644. The van der Waals surface area contributed by atoms with Crippen LogP contribution in [0.4, 0.5) is 5.69 Å². The van der Waals surface area contributed by atoms with Crippen LogP contribution in [0.15, 0.2) is 42.5 Å². The molecule has 0 heterocycles. The minimum Gasteiger partial charge on any atom is -0.479 e. The van der Waals surface area contributed by atoms with Gasteiger partial charge in [0.2, 0.25) is 0 Å². The maximum absolute atomic E-state index is 12.0. The molecular formula is C15H12Cl3NO2. The average Bonchev–Trinajstić information content (AvgIpc) is 2.44. The molecule has 1 unspecified atom stereocenters. The van der Waals surface area contributed by atoms with Gasteiger partial charge in [0.1, 0.15) is 5.75 Å². The highest BCUT2D eigenvalue weighted by Gasteiger charge is 2.16. The minimum atomic E-state index is -0.709. The Kier molecular flexibility index (Phi) is 5.34. The Balaban J connectivity index is 2.00. The van der Waals surface area contributed by atoms with Gasteiger partial charge in [-0.2, -0.15) is 0 Å². The molecule has 110 valence electrons. The highest BCUT2D eigenvalue weighted by atomic mass is 35.5. The summed E-state index contributed by atoms with van der Waals surface area (Å²) in [6.07, 6.45) is -0.709. The van der Waals surface area contributed by atoms with Crippen molar-refractivity contribution in [1.29, 1.82) is 0 Å². The number of halogens is 3. The van der Waals surface area contributed by atoms with Gasteiger partial charge < -0.3 is 10.1 Å². The van der Waals surface area contributed by atoms with Crippen LogP contribution in [0.5, 0.6) is 5.75 Å². The smallest absolute Gasteiger partial charge is 0.265 e. The number of amides is 1. The first-order valence-corrected chi connectivity index (χ1v) is 7.27. The average molecular weight is 345 g/mol. The molecule has 2 aromatic carbocycles. The van der Waals surface area contributed by atoms with Gasteiger partial charge in [0.15, 0.2) is 6.10 Å². The third-order valence-corrected chi connectivity index (χ3v) is 3.46. The lowest BCUT2D eigenvalue weighted by atomic mass is 10.3. The second-order valence-corrected chi connectivity index (χ2v) is 5.61. The predicted molar refractivity (Wildman–Crippen MR) is 86.6 cm³/mol. The molecule has 3 nitrogen and oxygen atoms in total. The molecule has 1 amide bonds. The molecule has 21 heavy (non-hydrogen) atoms. The van der Waals surface area contributed by atoms with Crippen LogP contribution in [0.25, 0.3) is 0 Å². The van der Waals surface area contributed by atoms with Crippen LogP contribution in [0.1, 0.15) is 6.92 Å². The van der Waals surface area contributed by atoms with Gasteiger partial charge in [-0.25, -0.2) is 0 Å². The molecule has 2 rings (SSSR count). The highest BCUT2D eigenvalue weighted by Crippen LogP contribution is 2.28. The lowest BCUT2D eigenvalue weighted by Crippen LogP contribution is -2.30. The minimum absolute atomic E-state index is 0.289. The largest absolute Gasteiger partial charge is 0.479 e. The summed E-state index contributed by atoms with van der Waals surface area (Å²) in [5, 5.41) is 4.19. The molecule has 1 atom stereocenters. The molecule has 0 spiro atoms. The molecule has 0 aromatic heterocycles. The number of hydrogen-bond donors (Lipinski definition) is 1. The molecule has 2 aromatic rings. The number of carbonyl (C=O) groups is 1. The van der Waals surface area contributed by atoms with Crippen LogP contribution in [0, 0.1) is 0 Å². The Morgan fingerprint density at radius 2 is 1.67 bits per heavy atom. The topological polar surface area (TPSA) is 38.3 Å². The summed E-state index contributed by atoms with van der Waals surface area (Å²) in [5.74, 6) is 0.114. The molecule has 1 N–H and O–H groups in total. The van der Waals surface area contributed by atoms with Crippen molar-refractivity contribution in [3.05, 3.63) is 57.5 Å². The van der Waals surface area contributed by atoms with Crippen LogP contribution in [0.2, 0.25) is 15.1 Å². The van der Waals surface area contributed by atoms with E-state index >= 15 is 0 Å². The van der Waals surface area contributed by atoms with E-state index in [1.165, 1.54) is 0 Å². The lowest BCUT2D eigenvalue weighted by molar-refractivity contribution is -0.122. The highest BCUT2D eigenvalue weighted by molar-refractivity contribution is 6.35. The van der Waals surface area contributed by atoms with E-state index in [9.17, 15) is 4.79 Å². The quantitative estimate of drug-likeness (QED) is 0.842. The first-order chi connectivity index (χ1) is 9.95. The summed E-state index contributed by atoms with van der Waals surface area (Å²) >= 11 is 17.6. The summed E-state index contributed by atoms with van der Waals surface area (Å²) in [5.41, 5.74) is 0.641. The molecule has 0 radical (unpaired) electrons. The van der Waals surface area contributed by atoms with Crippen molar-refractivity contribution in [1.82, 2.24) is 0 Å². The zero-order valence-corrected chi connectivity index (χ0v) is 13.3. The molecule has 0 saturated heterocycles. The van der Waals surface area contributed by atoms with Crippen molar-refractivity contribution < 1.29 is 9.53 Å². The Morgan fingerprint density at radius 1 is 1.05 bits per heavy atom. The van der Waals surface area contributed by atoms with Crippen molar-refractivity contribution in [3.8, 4) is 5.75 Å². The number of rotatable bonds is 4. The molecule has 0 aliphatic carbocycles. The molecule has 0 aliphatic rings. The van der Waals surface area contributed by atoms with Gasteiger partial charge in [0.05, 0.1) is 5.02 Å². The van der Waals surface area contributed by atoms with Crippen LogP contribution >= 0.6 is 34.8 Å². The summed E-state index contributed by atoms with van der Waals surface area (Å²) in [7, 11) is 0. The standard InChI is InChI=1S/C15H12Cl3NO2/c1-9(21-14-7-4-11(17)8-13(14)18)15(20)19-12-5-2-10(16)3-6-12/h2-9H,1H3,(H,19,20). The van der Waals surface area contributed by atoms with Gasteiger partial charge >= 0.3 is 0 Å². The summed E-state index contributed by atoms with van der Waals surface area (Å²) in [6.45, 7) is 1.64. The molecular weight excluding hydrogens is 333 g/mol. The van der Waals surface area contributed by atoms with E-state index in [4.69, 9.17) is 39.5 Å². The fourth-order valence-electron chi connectivity index (χ4n) is 1.59. The summed E-state index contributed by atoms with van der Waals surface area (Å²) in [6, 6.07) is 11.6. The van der Waals surface area contributed by atoms with Gasteiger partial charge in [0, 0.05) is 15.7 Å². The number of anilines is 1. The SMILES string of the molecule is CC(Oc1ccc(Cl)cc1Cl)C(=O)Nc1ccc(Cl)cc1. The van der Waals surface area contributed by atoms with Crippen molar-refractivity contribution in [3.63, 3.8) is 0 Å². The maximum Gasteiger partial charge on any atom is 0.265 e. The van der Waals surface area contributed by atoms with Gasteiger partial charge in [0.25, 0.3) is 5.91 Å².